The summed E-state index contributed by atoms with van der Waals surface area (Å²) in [6.07, 6.45) is 7.33. The zero-order chi connectivity index (χ0) is 6.69. The van der Waals surface area contributed by atoms with E-state index < -0.39 is 0 Å². The van der Waals surface area contributed by atoms with E-state index in [1.165, 1.54) is 6.21 Å². The van der Waals surface area contributed by atoms with E-state index in [1.54, 1.807) is 0 Å². The van der Waals surface area contributed by atoms with Crippen LogP contribution in [-0.4, -0.2) is 24.7 Å². The van der Waals surface area contributed by atoms with E-state index in [1.807, 2.05) is 24.1 Å². The molecule has 0 aromatic heterocycles. The number of hydrogen-bond acceptors (Lipinski definition) is 2. The van der Waals surface area contributed by atoms with Crippen LogP contribution in [0.25, 0.3) is 0 Å². The van der Waals surface area contributed by atoms with E-state index in [2.05, 4.69) is 6.08 Å². The van der Waals surface area contributed by atoms with Crippen molar-refractivity contribution < 1.29 is 0 Å². The molecule has 0 saturated carbocycles. The summed E-state index contributed by atoms with van der Waals surface area (Å²) in [4.78, 5) is 2.02. The van der Waals surface area contributed by atoms with E-state index in [-0.39, 0.29) is 0 Å². The van der Waals surface area contributed by atoms with Crippen LogP contribution < -0.4 is 0 Å². The van der Waals surface area contributed by atoms with Crippen molar-refractivity contribution in [2.75, 3.05) is 13.6 Å². The molecular weight excluding hydrogens is 112 g/mol. The van der Waals surface area contributed by atoms with Gasteiger partial charge < -0.3 is 10.3 Å². The Morgan fingerprint density at radius 1 is 1.78 bits per heavy atom. The van der Waals surface area contributed by atoms with Crippen molar-refractivity contribution in [1.29, 1.82) is 5.41 Å². The van der Waals surface area contributed by atoms with Crippen molar-refractivity contribution >= 4 is 6.21 Å². The first-order valence-corrected chi connectivity index (χ1v) is 2.93. The Labute approximate surface area is 55.0 Å². The van der Waals surface area contributed by atoms with Gasteiger partial charge in [-0.2, -0.15) is 0 Å². The van der Waals surface area contributed by atoms with Gasteiger partial charge in [0.05, 0.1) is 5.70 Å². The summed E-state index contributed by atoms with van der Waals surface area (Å²) in [5.41, 5.74) is 0.970. The van der Waals surface area contributed by atoms with Crippen LogP contribution in [0.3, 0.4) is 0 Å². The summed E-state index contributed by atoms with van der Waals surface area (Å²) in [5.74, 6) is 0. The van der Waals surface area contributed by atoms with Crippen LogP contribution in [0.5, 0.6) is 0 Å². The predicted molar refractivity (Wildman–Crippen MR) is 38.6 cm³/mol. The molecular formula is C7H10N2. The monoisotopic (exact) mass is 122 g/mol. The van der Waals surface area contributed by atoms with Crippen LogP contribution in [0.1, 0.15) is 0 Å². The minimum atomic E-state index is 0.918. The molecule has 0 radical (unpaired) electrons. The summed E-state index contributed by atoms with van der Waals surface area (Å²) in [5, 5.41) is 6.96. The van der Waals surface area contributed by atoms with Gasteiger partial charge in [0.2, 0.25) is 0 Å². The van der Waals surface area contributed by atoms with Crippen molar-refractivity contribution in [3.8, 4) is 0 Å². The lowest BCUT2D eigenvalue weighted by atomic mass is 10.3. The second-order valence-corrected chi connectivity index (χ2v) is 2.04. The number of rotatable bonds is 1. The summed E-state index contributed by atoms with van der Waals surface area (Å²) in [6, 6.07) is 0. The maximum Gasteiger partial charge on any atom is 0.0545 e. The van der Waals surface area contributed by atoms with Crippen LogP contribution in [0.2, 0.25) is 0 Å². The highest BCUT2D eigenvalue weighted by atomic mass is 15.1. The molecule has 0 unspecified atom stereocenters. The SMILES string of the molecule is CN1CC=CC=C1C=N. The molecule has 0 fully saturated rings. The van der Waals surface area contributed by atoms with Gasteiger partial charge in [-0.15, -0.1) is 0 Å². The van der Waals surface area contributed by atoms with Gasteiger partial charge in [-0.05, 0) is 6.08 Å². The van der Waals surface area contributed by atoms with Gasteiger partial charge in [0.1, 0.15) is 0 Å². The Hall–Kier alpha value is -1.05. The lowest BCUT2D eigenvalue weighted by molar-refractivity contribution is 0.485. The lowest BCUT2D eigenvalue weighted by Gasteiger charge is -2.19. The van der Waals surface area contributed by atoms with Crippen molar-refractivity contribution in [3.63, 3.8) is 0 Å². The minimum absolute atomic E-state index is 0.918. The van der Waals surface area contributed by atoms with E-state index in [9.17, 15) is 0 Å². The summed E-state index contributed by atoms with van der Waals surface area (Å²) in [7, 11) is 1.97. The highest BCUT2D eigenvalue weighted by Gasteiger charge is 1.99. The van der Waals surface area contributed by atoms with E-state index in [4.69, 9.17) is 5.41 Å². The normalized spacial score (nSPS) is 17.4. The zero-order valence-electron chi connectivity index (χ0n) is 5.46. The highest BCUT2D eigenvalue weighted by molar-refractivity contribution is 5.75. The molecule has 1 aliphatic heterocycles. The summed E-state index contributed by atoms with van der Waals surface area (Å²) >= 11 is 0. The Morgan fingerprint density at radius 3 is 3.00 bits per heavy atom. The Morgan fingerprint density at radius 2 is 2.56 bits per heavy atom. The molecule has 2 nitrogen and oxygen atoms in total. The average molecular weight is 122 g/mol. The second kappa shape index (κ2) is 2.49. The molecule has 2 heteroatoms. The van der Waals surface area contributed by atoms with E-state index in [0.717, 1.165) is 12.2 Å². The molecule has 1 aliphatic rings. The molecule has 1 N–H and O–H groups in total. The van der Waals surface area contributed by atoms with Crippen LogP contribution in [-0.2, 0) is 0 Å². The number of nitrogens with zero attached hydrogens (tertiary/aromatic N) is 1. The van der Waals surface area contributed by atoms with Gasteiger partial charge in [-0.3, -0.25) is 0 Å². The van der Waals surface area contributed by atoms with Gasteiger partial charge in [-0.1, -0.05) is 12.2 Å². The van der Waals surface area contributed by atoms with Crippen molar-refractivity contribution in [2.24, 2.45) is 0 Å². The molecule has 1 rings (SSSR count). The molecule has 0 aromatic carbocycles. The van der Waals surface area contributed by atoms with Gasteiger partial charge in [0, 0.05) is 19.8 Å². The fourth-order valence-electron chi connectivity index (χ4n) is 0.777. The molecule has 9 heavy (non-hydrogen) atoms. The van der Waals surface area contributed by atoms with Gasteiger partial charge >= 0.3 is 0 Å². The smallest absolute Gasteiger partial charge is 0.0545 e. The number of nitrogens with one attached hydrogen (secondary N) is 1. The van der Waals surface area contributed by atoms with Crippen molar-refractivity contribution in [2.45, 2.75) is 0 Å². The predicted octanol–water partition coefficient (Wildman–Crippen LogP) is 1.02. The first-order valence-electron chi connectivity index (χ1n) is 2.93. The van der Waals surface area contributed by atoms with E-state index >= 15 is 0 Å². The first-order chi connectivity index (χ1) is 4.34. The number of allylic oxidation sites excluding steroid dienone is 3. The maximum atomic E-state index is 6.96. The molecule has 0 bridgehead atoms. The van der Waals surface area contributed by atoms with Crippen molar-refractivity contribution in [1.82, 2.24) is 4.90 Å². The Bertz CT molecular complexity index is 168. The Kier molecular flexibility index (Phi) is 1.68. The third-order valence-corrected chi connectivity index (χ3v) is 1.37. The molecule has 0 amide bonds. The van der Waals surface area contributed by atoms with E-state index in [0.29, 0.717) is 0 Å². The molecule has 0 saturated heterocycles. The molecule has 0 aromatic rings. The highest BCUT2D eigenvalue weighted by Crippen LogP contribution is 2.02. The maximum absolute atomic E-state index is 6.96. The molecule has 0 aliphatic carbocycles. The van der Waals surface area contributed by atoms with Crippen LogP contribution in [0.4, 0.5) is 0 Å². The number of likely N-dealkylation sites (N-methyl/N-ethyl adjacent to an activating group) is 1. The van der Waals surface area contributed by atoms with Gasteiger partial charge in [0.15, 0.2) is 0 Å². The molecule has 48 valence electrons. The zero-order valence-corrected chi connectivity index (χ0v) is 5.46. The van der Waals surface area contributed by atoms with Crippen LogP contribution in [0, 0.1) is 5.41 Å². The third kappa shape index (κ3) is 1.19. The fourth-order valence-corrected chi connectivity index (χ4v) is 0.777. The number of hydrogen-bond donors (Lipinski definition) is 1. The topological polar surface area (TPSA) is 27.1 Å². The molecule has 0 atom stereocenters. The molecule has 1 heterocycles. The Balaban J connectivity index is 2.74. The average Bonchev–Trinajstić information content (AvgIpc) is 1.89. The first kappa shape index (κ1) is 6.08. The van der Waals surface area contributed by atoms with Crippen LogP contribution >= 0.6 is 0 Å². The molecule has 0 spiro atoms. The largest absolute Gasteiger partial charge is 0.370 e. The fraction of sp³-hybridized carbons (Fsp3) is 0.286. The standard InChI is InChI=1S/C7H10N2/c1-9-5-3-2-4-7(9)6-8/h2-4,6,8H,5H2,1H3. The minimum Gasteiger partial charge on any atom is -0.370 e. The third-order valence-electron chi connectivity index (χ3n) is 1.37. The van der Waals surface area contributed by atoms with Gasteiger partial charge in [-0.25, -0.2) is 0 Å². The lowest BCUT2D eigenvalue weighted by Crippen LogP contribution is -2.20. The van der Waals surface area contributed by atoms with Crippen molar-refractivity contribution in [3.05, 3.63) is 23.9 Å². The summed E-state index contributed by atoms with van der Waals surface area (Å²) < 4.78 is 0. The quantitative estimate of drug-likeness (QED) is 0.516. The summed E-state index contributed by atoms with van der Waals surface area (Å²) in [6.45, 7) is 0.918. The van der Waals surface area contributed by atoms with Crippen LogP contribution in [0.15, 0.2) is 23.9 Å². The van der Waals surface area contributed by atoms with Gasteiger partial charge in [0.25, 0.3) is 0 Å². The second-order valence-electron chi connectivity index (χ2n) is 2.04.